The summed E-state index contributed by atoms with van der Waals surface area (Å²) in [5.41, 5.74) is 1.97. The molecule has 1 saturated heterocycles. The van der Waals surface area contributed by atoms with Crippen LogP contribution < -0.4 is 0 Å². The lowest BCUT2D eigenvalue weighted by atomic mass is 10.1. The van der Waals surface area contributed by atoms with Crippen LogP contribution in [-0.2, 0) is 22.4 Å². The number of halogens is 1. The highest BCUT2D eigenvalue weighted by molar-refractivity contribution is 5.79. The molecule has 0 aliphatic carbocycles. The Hall–Kier alpha value is -2.69. The quantitative estimate of drug-likeness (QED) is 0.814. The zero-order valence-electron chi connectivity index (χ0n) is 15.4. The van der Waals surface area contributed by atoms with Crippen molar-refractivity contribution in [3.63, 3.8) is 0 Å². The molecule has 0 atom stereocenters. The molecule has 2 aromatic rings. The number of amides is 2. The van der Waals surface area contributed by atoms with Crippen molar-refractivity contribution < 1.29 is 14.0 Å². The molecule has 0 saturated carbocycles. The second-order valence-electron chi connectivity index (χ2n) is 6.90. The maximum absolute atomic E-state index is 13.0. The van der Waals surface area contributed by atoms with Crippen LogP contribution in [0.5, 0.6) is 0 Å². The van der Waals surface area contributed by atoms with Gasteiger partial charge >= 0.3 is 0 Å². The summed E-state index contributed by atoms with van der Waals surface area (Å²) in [6, 6.07) is 16.0. The van der Waals surface area contributed by atoms with Gasteiger partial charge in [-0.15, -0.1) is 0 Å². The Labute approximate surface area is 159 Å². The third kappa shape index (κ3) is 5.64. The Morgan fingerprint density at radius 1 is 0.778 bits per heavy atom. The minimum absolute atomic E-state index is 0.0942. The van der Waals surface area contributed by atoms with Gasteiger partial charge < -0.3 is 9.80 Å². The second-order valence-corrected chi connectivity index (χ2v) is 6.90. The van der Waals surface area contributed by atoms with Crippen LogP contribution >= 0.6 is 0 Å². The molecule has 4 nitrogen and oxygen atoms in total. The van der Waals surface area contributed by atoms with Gasteiger partial charge in [0.1, 0.15) is 5.82 Å². The molecule has 3 rings (SSSR count). The molecule has 0 radical (unpaired) electrons. The molecule has 2 aromatic carbocycles. The molecule has 5 heteroatoms. The first-order valence-electron chi connectivity index (χ1n) is 9.46. The van der Waals surface area contributed by atoms with Crippen molar-refractivity contribution >= 4 is 11.8 Å². The molecular weight excluding hydrogens is 343 g/mol. The van der Waals surface area contributed by atoms with Crippen molar-refractivity contribution in [1.29, 1.82) is 0 Å². The number of rotatable bonds is 5. The van der Waals surface area contributed by atoms with Gasteiger partial charge in [-0.2, -0.15) is 0 Å². The van der Waals surface area contributed by atoms with Crippen LogP contribution in [-0.4, -0.2) is 47.8 Å². The van der Waals surface area contributed by atoms with Gasteiger partial charge in [-0.1, -0.05) is 42.5 Å². The Balaban J connectivity index is 1.47. The van der Waals surface area contributed by atoms with E-state index in [0.717, 1.165) is 17.5 Å². The Bertz CT molecular complexity index is 762. The monoisotopic (exact) mass is 368 g/mol. The molecule has 27 heavy (non-hydrogen) atoms. The summed E-state index contributed by atoms with van der Waals surface area (Å²) in [5, 5.41) is 0. The summed E-state index contributed by atoms with van der Waals surface area (Å²) in [7, 11) is 0. The normalized spacial score (nSPS) is 14.7. The summed E-state index contributed by atoms with van der Waals surface area (Å²) in [6.45, 7) is 2.52. The van der Waals surface area contributed by atoms with E-state index in [0.29, 0.717) is 45.4 Å². The standard InChI is InChI=1S/C22H25FN2O2/c23-20-10-7-18(8-11-20)9-12-21(26)24-13-4-14-25(16-15-24)22(27)17-19-5-2-1-3-6-19/h1-3,5-8,10-11H,4,9,12-17H2. The number of hydrogen-bond acceptors (Lipinski definition) is 2. The topological polar surface area (TPSA) is 40.6 Å². The smallest absolute Gasteiger partial charge is 0.227 e. The molecular formula is C22H25FN2O2. The fraction of sp³-hybridized carbons (Fsp3) is 0.364. The van der Waals surface area contributed by atoms with Crippen LogP contribution in [0.4, 0.5) is 4.39 Å². The first-order chi connectivity index (χ1) is 13.1. The number of benzene rings is 2. The molecule has 1 fully saturated rings. The van der Waals surface area contributed by atoms with Gasteiger partial charge in [-0.25, -0.2) is 4.39 Å². The average Bonchev–Trinajstić information content (AvgIpc) is 2.94. The van der Waals surface area contributed by atoms with E-state index in [1.165, 1.54) is 12.1 Å². The maximum atomic E-state index is 13.0. The molecule has 142 valence electrons. The van der Waals surface area contributed by atoms with Crippen LogP contribution in [0.3, 0.4) is 0 Å². The van der Waals surface area contributed by atoms with E-state index < -0.39 is 0 Å². The number of aryl methyl sites for hydroxylation is 1. The van der Waals surface area contributed by atoms with E-state index in [9.17, 15) is 14.0 Å². The lowest BCUT2D eigenvalue weighted by Gasteiger charge is -2.22. The molecule has 1 heterocycles. The van der Waals surface area contributed by atoms with E-state index in [-0.39, 0.29) is 17.6 Å². The first kappa shape index (κ1) is 19.1. The molecule has 1 aliphatic rings. The van der Waals surface area contributed by atoms with Crippen molar-refractivity contribution in [2.45, 2.75) is 25.7 Å². The number of carbonyl (C=O) groups excluding carboxylic acids is 2. The maximum Gasteiger partial charge on any atom is 0.227 e. The van der Waals surface area contributed by atoms with E-state index in [1.54, 1.807) is 12.1 Å². The fourth-order valence-electron chi connectivity index (χ4n) is 3.36. The Kier molecular flexibility index (Phi) is 6.58. The van der Waals surface area contributed by atoms with Crippen LogP contribution in [0.15, 0.2) is 54.6 Å². The number of nitrogens with zero attached hydrogens (tertiary/aromatic N) is 2. The Morgan fingerprint density at radius 3 is 2.07 bits per heavy atom. The lowest BCUT2D eigenvalue weighted by Crippen LogP contribution is -2.38. The molecule has 0 spiro atoms. The van der Waals surface area contributed by atoms with Crippen molar-refractivity contribution in [3.8, 4) is 0 Å². The van der Waals surface area contributed by atoms with E-state index in [2.05, 4.69) is 0 Å². The lowest BCUT2D eigenvalue weighted by molar-refractivity contribution is -0.133. The van der Waals surface area contributed by atoms with E-state index in [1.807, 2.05) is 40.1 Å². The Morgan fingerprint density at radius 2 is 1.41 bits per heavy atom. The number of carbonyl (C=O) groups is 2. The molecule has 2 amide bonds. The molecule has 1 aliphatic heterocycles. The second kappa shape index (κ2) is 9.31. The predicted molar refractivity (Wildman–Crippen MR) is 103 cm³/mol. The fourth-order valence-corrected chi connectivity index (χ4v) is 3.36. The summed E-state index contributed by atoms with van der Waals surface area (Å²) in [5.74, 6) is -0.0589. The van der Waals surface area contributed by atoms with Gasteiger partial charge in [-0.05, 0) is 36.1 Å². The van der Waals surface area contributed by atoms with E-state index in [4.69, 9.17) is 0 Å². The zero-order valence-corrected chi connectivity index (χ0v) is 15.4. The minimum atomic E-state index is -0.266. The zero-order chi connectivity index (χ0) is 19.1. The predicted octanol–water partition coefficient (Wildman–Crippen LogP) is 3.06. The van der Waals surface area contributed by atoms with Gasteiger partial charge in [0.15, 0.2) is 0 Å². The summed E-state index contributed by atoms with van der Waals surface area (Å²) in [4.78, 5) is 28.7. The van der Waals surface area contributed by atoms with Crippen molar-refractivity contribution in [3.05, 3.63) is 71.5 Å². The summed E-state index contributed by atoms with van der Waals surface area (Å²) < 4.78 is 13.0. The van der Waals surface area contributed by atoms with E-state index >= 15 is 0 Å². The molecule has 0 aromatic heterocycles. The molecule has 0 bridgehead atoms. The van der Waals surface area contributed by atoms with Gasteiger partial charge in [0.25, 0.3) is 0 Å². The van der Waals surface area contributed by atoms with Crippen LogP contribution in [0.2, 0.25) is 0 Å². The third-order valence-corrected chi connectivity index (χ3v) is 4.94. The number of hydrogen-bond donors (Lipinski definition) is 0. The van der Waals surface area contributed by atoms with Crippen molar-refractivity contribution in [1.82, 2.24) is 9.80 Å². The van der Waals surface area contributed by atoms with Crippen LogP contribution in [0.1, 0.15) is 24.0 Å². The molecule has 0 N–H and O–H groups in total. The first-order valence-corrected chi connectivity index (χ1v) is 9.46. The summed E-state index contributed by atoms with van der Waals surface area (Å²) in [6.07, 6.45) is 2.21. The third-order valence-electron chi connectivity index (χ3n) is 4.94. The van der Waals surface area contributed by atoms with Gasteiger partial charge in [0.2, 0.25) is 11.8 Å². The molecule has 0 unspecified atom stereocenters. The van der Waals surface area contributed by atoms with Gasteiger partial charge in [0.05, 0.1) is 6.42 Å². The minimum Gasteiger partial charge on any atom is -0.341 e. The highest BCUT2D eigenvalue weighted by atomic mass is 19.1. The van der Waals surface area contributed by atoms with Crippen molar-refractivity contribution in [2.75, 3.05) is 26.2 Å². The van der Waals surface area contributed by atoms with Crippen LogP contribution in [0.25, 0.3) is 0 Å². The largest absolute Gasteiger partial charge is 0.341 e. The average molecular weight is 368 g/mol. The van der Waals surface area contributed by atoms with Crippen molar-refractivity contribution in [2.24, 2.45) is 0 Å². The highest BCUT2D eigenvalue weighted by Crippen LogP contribution is 2.11. The highest BCUT2D eigenvalue weighted by Gasteiger charge is 2.21. The van der Waals surface area contributed by atoms with Gasteiger partial charge in [-0.3, -0.25) is 9.59 Å². The van der Waals surface area contributed by atoms with Gasteiger partial charge in [0, 0.05) is 32.6 Å². The van der Waals surface area contributed by atoms with Crippen LogP contribution in [0, 0.1) is 5.82 Å². The summed E-state index contributed by atoms with van der Waals surface area (Å²) >= 11 is 0. The SMILES string of the molecule is O=C(CCc1ccc(F)cc1)N1CCCN(C(=O)Cc2ccccc2)CC1.